The Hall–Kier alpha value is -2.28. The molecule has 7 heteroatoms. The van der Waals surface area contributed by atoms with Crippen LogP contribution in [0.25, 0.3) is 0 Å². The van der Waals surface area contributed by atoms with Crippen LogP contribution in [-0.4, -0.2) is 36.1 Å². The quantitative estimate of drug-likeness (QED) is 0.642. The number of amides is 1. The number of carbonyl (C=O) groups is 1. The van der Waals surface area contributed by atoms with Crippen molar-refractivity contribution in [3.63, 3.8) is 0 Å². The molecule has 2 aromatic rings. The smallest absolute Gasteiger partial charge is 0.225 e. The number of aromatic nitrogens is 1. The maximum atomic E-state index is 12.4. The first-order valence-corrected chi connectivity index (χ1v) is 9.82. The lowest BCUT2D eigenvalue weighted by Crippen LogP contribution is -2.39. The van der Waals surface area contributed by atoms with Crippen LogP contribution in [0.1, 0.15) is 38.4 Å². The Morgan fingerprint density at radius 3 is 2.30 bits per heavy atom. The summed E-state index contributed by atoms with van der Waals surface area (Å²) in [5.41, 5.74) is 0.869. The van der Waals surface area contributed by atoms with Gasteiger partial charge in [-0.1, -0.05) is 19.9 Å². The molecule has 0 aliphatic rings. The van der Waals surface area contributed by atoms with Gasteiger partial charge in [0.15, 0.2) is 11.5 Å². The minimum Gasteiger partial charge on any atom is -0.493 e. The fraction of sp³-hybridized carbons (Fsp3) is 0.500. The summed E-state index contributed by atoms with van der Waals surface area (Å²) in [6.07, 6.45) is 0. The molecule has 0 aliphatic carbocycles. The standard InChI is InChI=1S/C20H28N2O4S/c1-13(2)20(23)22(14(3)4)10-15-12-27-18(21-15)11-26-19-16(24-5)8-7-9-17(19)25-6/h7-9,12-14H,10-11H2,1-6H3. The number of para-hydroxylation sites is 1. The lowest BCUT2D eigenvalue weighted by molar-refractivity contribution is -0.136. The zero-order valence-electron chi connectivity index (χ0n) is 16.8. The highest BCUT2D eigenvalue weighted by Gasteiger charge is 2.21. The summed E-state index contributed by atoms with van der Waals surface area (Å²) < 4.78 is 16.6. The fourth-order valence-corrected chi connectivity index (χ4v) is 3.30. The molecule has 0 unspecified atom stereocenters. The van der Waals surface area contributed by atoms with Crippen LogP contribution in [0.3, 0.4) is 0 Å². The zero-order chi connectivity index (χ0) is 20.0. The van der Waals surface area contributed by atoms with Crippen LogP contribution in [0.2, 0.25) is 0 Å². The number of methoxy groups -OCH3 is 2. The van der Waals surface area contributed by atoms with Gasteiger partial charge in [0.2, 0.25) is 11.7 Å². The van der Waals surface area contributed by atoms with Crippen LogP contribution < -0.4 is 14.2 Å². The number of carbonyl (C=O) groups excluding carboxylic acids is 1. The van der Waals surface area contributed by atoms with Crippen LogP contribution in [-0.2, 0) is 17.9 Å². The zero-order valence-corrected chi connectivity index (χ0v) is 17.6. The van der Waals surface area contributed by atoms with Gasteiger partial charge in [-0.15, -0.1) is 11.3 Å². The summed E-state index contributed by atoms with van der Waals surface area (Å²) in [5, 5.41) is 2.81. The van der Waals surface area contributed by atoms with E-state index in [1.807, 2.05) is 56.2 Å². The molecular formula is C20H28N2O4S. The van der Waals surface area contributed by atoms with E-state index in [-0.39, 0.29) is 17.9 Å². The third kappa shape index (κ3) is 5.35. The number of ether oxygens (including phenoxy) is 3. The molecule has 6 nitrogen and oxygen atoms in total. The second-order valence-electron chi connectivity index (χ2n) is 6.73. The van der Waals surface area contributed by atoms with E-state index < -0.39 is 0 Å². The Morgan fingerprint density at radius 2 is 1.78 bits per heavy atom. The number of rotatable bonds is 9. The predicted octanol–water partition coefficient (Wildman–Crippen LogP) is 4.13. The highest BCUT2D eigenvalue weighted by atomic mass is 32.1. The number of benzene rings is 1. The second kappa shape index (κ2) is 9.60. The molecule has 0 N–H and O–H groups in total. The lowest BCUT2D eigenvalue weighted by Gasteiger charge is -2.27. The summed E-state index contributed by atoms with van der Waals surface area (Å²) >= 11 is 1.51. The summed E-state index contributed by atoms with van der Waals surface area (Å²) in [6, 6.07) is 5.61. The molecule has 1 aromatic heterocycles. The van der Waals surface area contributed by atoms with E-state index in [9.17, 15) is 4.79 Å². The maximum absolute atomic E-state index is 12.4. The highest BCUT2D eigenvalue weighted by molar-refractivity contribution is 7.09. The minimum absolute atomic E-state index is 0.0353. The Kier molecular flexibility index (Phi) is 7.47. The Balaban J connectivity index is 2.07. The van der Waals surface area contributed by atoms with Crippen molar-refractivity contribution in [2.75, 3.05) is 14.2 Å². The van der Waals surface area contributed by atoms with Crippen molar-refractivity contribution in [3.8, 4) is 17.2 Å². The molecule has 0 radical (unpaired) electrons. The van der Waals surface area contributed by atoms with Crippen LogP contribution >= 0.6 is 11.3 Å². The van der Waals surface area contributed by atoms with Gasteiger partial charge in [-0.3, -0.25) is 4.79 Å². The van der Waals surface area contributed by atoms with Crippen LogP contribution in [0, 0.1) is 5.92 Å². The van der Waals surface area contributed by atoms with E-state index in [1.165, 1.54) is 11.3 Å². The first-order chi connectivity index (χ1) is 12.9. The van der Waals surface area contributed by atoms with Crippen LogP contribution in [0.15, 0.2) is 23.6 Å². The lowest BCUT2D eigenvalue weighted by atomic mass is 10.1. The van der Waals surface area contributed by atoms with Gasteiger partial charge >= 0.3 is 0 Å². The van der Waals surface area contributed by atoms with Gasteiger partial charge in [-0.25, -0.2) is 4.98 Å². The molecule has 1 amide bonds. The molecule has 0 spiro atoms. The van der Waals surface area contributed by atoms with E-state index in [4.69, 9.17) is 14.2 Å². The Morgan fingerprint density at radius 1 is 1.15 bits per heavy atom. The minimum atomic E-state index is -0.0353. The van der Waals surface area contributed by atoms with Crippen molar-refractivity contribution < 1.29 is 19.0 Å². The average Bonchev–Trinajstić information content (AvgIpc) is 3.10. The van der Waals surface area contributed by atoms with E-state index in [0.717, 1.165) is 10.7 Å². The van der Waals surface area contributed by atoms with E-state index in [2.05, 4.69) is 4.98 Å². The van der Waals surface area contributed by atoms with Crippen molar-refractivity contribution in [3.05, 3.63) is 34.3 Å². The molecular weight excluding hydrogens is 364 g/mol. The van der Waals surface area contributed by atoms with E-state index in [0.29, 0.717) is 30.4 Å². The maximum Gasteiger partial charge on any atom is 0.225 e. The molecule has 0 atom stereocenters. The van der Waals surface area contributed by atoms with Gasteiger partial charge in [0.1, 0.15) is 11.6 Å². The molecule has 0 fully saturated rings. The number of hydrogen-bond donors (Lipinski definition) is 0. The monoisotopic (exact) mass is 392 g/mol. The summed E-state index contributed by atoms with van der Waals surface area (Å²) in [6.45, 7) is 8.68. The molecule has 148 valence electrons. The van der Waals surface area contributed by atoms with E-state index in [1.54, 1.807) is 14.2 Å². The van der Waals surface area contributed by atoms with Crippen LogP contribution in [0.5, 0.6) is 17.2 Å². The fourth-order valence-electron chi connectivity index (χ4n) is 2.60. The first kappa shape index (κ1) is 21.0. The van der Waals surface area contributed by atoms with Crippen molar-refractivity contribution in [2.45, 2.75) is 46.9 Å². The van der Waals surface area contributed by atoms with E-state index >= 15 is 0 Å². The molecule has 1 aromatic carbocycles. The van der Waals surface area contributed by atoms with Gasteiger partial charge in [-0.2, -0.15) is 0 Å². The number of thiazole rings is 1. The summed E-state index contributed by atoms with van der Waals surface area (Å²) in [4.78, 5) is 18.9. The van der Waals surface area contributed by atoms with Gasteiger partial charge in [0, 0.05) is 17.3 Å². The molecule has 0 bridgehead atoms. The number of nitrogens with zero attached hydrogens (tertiary/aromatic N) is 2. The SMILES string of the molecule is COc1cccc(OC)c1OCc1nc(CN(C(=O)C(C)C)C(C)C)cs1. The van der Waals surface area contributed by atoms with Crippen molar-refractivity contribution in [1.82, 2.24) is 9.88 Å². The molecule has 2 rings (SSSR count). The highest BCUT2D eigenvalue weighted by Crippen LogP contribution is 2.37. The Labute approximate surface area is 165 Å². The molecule has 0 aliphatic heterocycles. The normalized spacial score (nSPS) is 11.0. The van der Waals surface area contributed by atoms with Gasteiger partial charge in [-0.05, 0) is 26.0 Å². The Bertz CT molecular complexity index is 736. The summed E-state index contributed by atoms with van der Waals surface area (Å²) in [5.74, 6) is 1.87. The third-order valence-electron chi connectivity index (χ3n) is 4.05. The van der Waals surface area contributed by atoms with Crippen molar-refractivity contribution in [2.24, 2.45) is 5.92 Å². The largest absolute Gasteiger partial charge is 0.493 e. The van der Waals surface area contributed by atoms with Crippen LogP contribution in [0.4, 0.5) is 0 Å². The predicted molar refractivity (Wildman–Crippen MR) is 107 cm³/mol. The first-order valence-electron chi connectivity index (χ1n) is 8.94. The van der Waals surface area contributed by atoms with Gasteiger partial charge < -0.3 is 19.1 Å². The average molecular weight is 393 g/mol. The molecule has 0 saturated heterocycles. The van der Waals surface area contributed by atoms with Gasteiger partial charge in [0.05, 0.1) is 26.5 Å². The topological polar surface area (TPSA) is 60.9 Å². The molecule has 27 heavy (non-hydrogen) atoms. The number of hydrogen-bond acceptors (Lipinski definition) is 6. The molecule has 0 saturated carbocycles. The summed E-state index contributed by atoms with van der Waals surface area (Å²) in [7, 11) is 3.19. The third-order valence-corrected chi connectivity index (χ3v) is 4.93. The molecule has 1 heterocycles. The second-order valence-corrected chi connectivity index (χ2v) is 7.67. The van der Waals surface area contributed by atoms with Gasteiger partial charge in [0.25, 0.3) is 0 Å². The van der Waals surface area contributed by atoms with Crippen molar-refractivity contribution in [1.29, 1.82) is 0 Å². The van der Waals surface area contributed by atoms with Crippen molar-refractivity contribution >= 4 is 17.2 Å².